The van der Waals surface area contributed by atoms with Crippen molar-refractivity contribution in [3.05, 3.63) is 166 Å². The fourth-order valence-electron chi connectivity index (χ4n) is 14.4. The highest BCUT2D eigenvalue weighted by atomic mass is 16.6. The summed E-state index contributed by atoms with van der Waals surface area (Å²) >= 11 is 0. The zero-order valence-corrected chi connectivity index (χ0v) is 52.0. The van der Waals surface area contributed by atoms with Crippen LogP contribution in [0.4, 0.5) is 0 Å². The standard InChI is InChI=1S/C47H51NO14.C23H22O6/c1-25-31(60-43(56)36(52)35(28-16-10-7-11-17-28)48-41(54)29-18-12-8-13-19-29)23-47(57)40(61-42(55)30-20-14-9-15-21-30)38-45(6,32(51)22-33-46(38,24-58-33)62-27(3)50)39(53)37(59-26(2)49)34(25)44(47,4)5;1-23(2)8-7-12-15(29-23)6-5-13-21(24)20-14-9-17(25-3)18(26-4)10-16(14)27-11-19(20)28-22(12)13/h7-21,31-33,35-38,40,51-52,57H,22-24H2,1-6H3,(H,48,54);5-10,19-20H,11H2,1-4H3/t31-,32-,33+,35-,36+,37+,38-,40-,45+,46-,47+;19-,20+/m01/s1. The highest BCUT2D eigenvalue weighted by Gasteiger charge is 2.78. The molecule has 1 saturated heterocycles. The average molecular weight is 1250 g/mol. The Bertz CT molecular complexity index is 3790. The molecule has 91 heavy (non-hydrogen) atoms. The lowest BCUT2D eigenvalue weighted by Crippen LogP contribution is -2.82. The van der Waals surface area contributed by atoms with Crippen molar-refractivity contribution in [3.8, 4) is 28.7 Å². The Morgan fingerprint density at radius 2 is 1.41 bits per heavy atom. The normalized spacial score (nSPS) is 28.9. The number of benzene rings is 5. The van der Waals surface area contributed by atoms with Crippen LogP contribution in [0.5, 0.6) is 28.7 Å². The number of Topliss-reactive ketones (excluding diaryl/α,β-unsaturated/α-hetero) is 2. The molecule has 2 saturated carbocycles. The molecule has 7 aliphatic rings. The van der Waals surface area contributed by atoms with Gasteiger partial charge >= 0.3 is 23.9 Å². The molecule has 13 atom stereocenters. The molecule has 0 aromatic heterocycles. The number of amides is 1. The van der Waals surface area contributed by atoms with E-state index in [1.54, 1.807) is 125 Å². The number of hydrogen-bond donors (Lipinski definition) is 4. The summed E-state index contributed by atoms with van der Waals surface area (Å²) < 4.78 is 59.3. The highest BCUT2D eigenvalue weighted by molar-refractivity contribution is 6.06. The summed E-state index contributed by atoms with van der Waals surface area (Å²) in [4.78, 5) is 97.0. The third-order valence-electron chi connectivity index (χ3n) is 19.1. The minimum Gasteiger partial charge on any atom is -0.493 e. The Morgan fingerprint density at radius 3 is 2.02 bits per heavy atom. The molecule has 3 fully saturated rings. The molecule has 1 amide bonds. The fraction of sp³-hybridized carbons (Fsp3) is 0.414. The van der Waals surface area contributed by atoms with Crippen molar-refractivity contribution in [2.24, 2.45) is 16.7 Å². The van der Waals surface area contributed by atoms with Gasteiger partial charge in [0, 0.05) is 49.3 Å². The number of carbonyl (C=O) groups is 7. The molecule has 5 aromatic carbocycles. The predicted molar refractivity (Wildman–Crippen MR) is 324 cm³/mol. The summed E-state index contributed by atoms with van der Waals surface area (Å²) in [5.74, 6) is -4.28. The molecule has 3 aliphatic carbocycles. The van der Waals surface area contributed by atoms with E-state index in [2.05, 4.69) is 5.32 Å². The van der Waals surface area contributed by atoms with E-state index < -0.39 is 130 Å². The maximum Gasteiger partial charge on any atom is 0.338 e. The summed E-state index contributed by atoms with van der Waals surface area (Å²) in [7, 11) is 3.14. The molecule has 478 valence electrons. The first-order valence-corrected chi connectivity index (χ1v) is 30.0. The van der Waals surface area contributed by atoms with Gasteiger partial charge < -0.3 is 68.0 Å². The van der Waals surface area contributed by atoms with Gasteiger partial charge in [-0.3, -0.25) is 24.0 Å². The number of methoxy groups -OCH3 is 2. The number of aliphatic hydroxyl groups is 3. The van der Waals surface area contributed by atoms with Crippen LogP contribution in [-0.2, 0) is 42.9 Å². The van der Waals surface area contributed by atoms with E-state index in [0.717, 1.165) is 25.0 Å². The highest BCUT2D eigenvalue weighted by Crippen LogP contribution is 2.65. The second-order valence-electron chi connectivity index (χ2n) is 25.3. The van der Waals surface area contributed by atoms with E-state index in [1.165, 1.54) is 26.0 Å². The average Bonchev–Trinajstić information content (AvgIpc) is 0.671. The van der Waals surface area contributed by atoms with E-state index in [4.69, 9.17) is 47.4 Å². The molecule has 4 aliphatic heterocycles. The first-order chi connectivity index (χ1) is 43.2. The van der Waals surface area contributed by atoms with Gasteiger partial charge in [-0.1, -0.05) is 80.6 Å². The van der Waals surface area contributed by atoms with Crippen molar-refractivity contribution < 1.29 is 96.2 Å². The maximum atomic E-state index is 15.5. The van der Waals surface area contributed by atoms with Gasteiger partial charge in [0.05, 0.1) is 66.9 Å². The lowest BCUT2D eigenvalue weighted by atomic mass is 9.44. The van der Waals surface area contributed by atoms with E-state index >= 15 is 4.79 Å². The lowest BCUT2D eigenvalue weighted by Gasteiger charge is -2.67. The van der Waals surface area contributed by atoms with Gasteiger partial charge in [-0.2, -0.15) is 0 Å². The third-order valence-corrected chi connectivity index (χ3v) is 19.1. The number of fused-ring (bicyclic) bond motifs is 11. The number of nitrogens with one attached hydrogen (secondary N) is 1. The van der Waals surface area contributed by atoms with Crippen LogP contribution in [0.15, 0.2) is 132 Å². The SMILES string of the molecule is CC(=O)O[C@H]1C(=O)[C@@]2(C)[C@H]([C@H](OC(=O)c3ccccc3)[C@]3(O)C[C@H](OC(=O)[C@H](O)[C@@H](NC(=O)c4ccccc4)c4ccccc4)C(C)=C1C3(C)C)[C@]1(OC(C)=O)CO[C@@H]1C[C@@H]2O.COc1cc2c(cc1OC)[C@@H]1C(=O)c3ccc4c(c3O[C@@H]1CO2)C=CC(C)(C)O4. The van der Waals surface area contributed by atoms with Gasteiger partial charge in [-0.25, -0.2) is 9.59 Å². The van der Waals surface area contributed by atoms with Gasteiger partial charge in [0.15, 0.2) is 40.9 Å². The van der Waals surface area contributed by atoms with Gasteiger partial charge in [-0.05, 0) is 99.0 Å². The summed E-state index contributed by atoms with van der Waals surface area (Å²) in [5, 5.41) is 40.2. The van der Waals surface area contributed by atoms with Crippen LogP contribution in [0.1, 0.15) is 128 Å². The summed E-state index contributed by atoms with van der Waals surface area (Å²) in [6.07, 6.45) is -6.99. The maximum absolute atomic E-state index is 15.5. The van der Waals surface area contributed by atoms with Crippen LogP contribution in [0.2, 0.25) is 0 Å². The Kier molecular flexibility index (Phi) is 16.8. The minimum atomic E-state index is -2.39. The summed E-state index contributed by atoms with van der Waals surface area (Å²) in [6.45, 7) is 12.2. The second kappa shape index (κ2) is 24.1. The van der Waals surface area contributed by atoms with Crippen molar-refractivity contribution in [2.45, 2.75) is 140 Å². The predicted octanol–water partition coefficient (Wildman–Crippen LogP) is 7.74. The lowest BCUT2D eigenvalue weighted by molar-refractivity contribution is -0.346. The molecule has 5 aromatic rings. The van der Waals surface area contributed by atoms with Crippen LogP contribution < -0.4 is 29.0 Å². The number of aliphatic hydroxyl groups excluding tert-OH is 2. The van der Waals surface area contributed by atoms with Crippen LogP contribution in [-0.4, -0.2) is 144 Å². The van der Waals surface area contributed by atoms with Crippen molar-refractivity contribution in [2.75, 3.05) is 27.4 Å². The van der Waals surface area contributed by atoms with Crippen molar-refractivity contribution >= 4 is 47.4 Å². The molecule has 4 heterocycles. The molecule has 21 heteroatoms. The molecule has 0 spiro atoms. The van der Waals surface area contributed by atoms with Crippen molar-refractivity contribution in [1.29, 1.82) is 0 Å². The second-order valence-corrected chi connectivity index (χ2v) is 25.3. The van der Waals surface area contributed by atoms with Crippen LogP contribution in [0.25, 0.3) is 6.08 Å². The van der Waals surface area contributed by atoms with Gasteiger partial charge in [0.25, 0.3) is 5.91 Å². The monoisotopic (exact) mass is 1250 g/mol. The Balaban J connectivity index is 0.000000242. The summed E-state index contributed by atoms with van der Waals surface area (Å²) in [6, 6.07) is 30.1. The molecular weight excluding hydrogens is 1170 g/mol. The molecule has 0 unspecified atom stereocenters. The van der Waals surface area contributed by atoms with E-state index in [9.17, 15) is 44.1 Å². The molecule has 2 bridgehead atoms. The number of ether oxygens (including phenoxy) is 10. The molecule has 12 rings (SSSR count). The molecule has 0 radical (unpaired) electrons. The van der Waals surface area contributed by atoms with Crippen molar-refractivity contribution in [1.82, 2.24) is 5.32 Å². The van der Waals surface area contributed by atoms with Crippen LogP contribution in [0.3, 0.4) is 0 Å². The largest absolute Gasteiger partial charge is 0.493 e. The number of ketones is 2. The number of rotatable bonds is 12. The van der Waals surface area contributed by atoms with E-state index in [0.29, 0.717) is 39.9 Å². The third kappa shape index (κ3) is 11.0. The van der Waals surface area contributed by atoms with Crippen LogP contribution in [0, 0.1) is 16.7 Å². The zero-order chi connectivity index (χ0) is 65.3. The van der Waals surface area contributed by atoms with Gasteiger partial charge in [0.1, 0.15) is 59.5 Å². The number of carbonyl (C=O) groups excluding carboxylic acids is 7. The quantitative estimate of drug-likeness (QED) is 0.0527. The Hall–Kier alpha value is -8.89. The van der Waals surface area contributed by atoms with Gasteiger partial charge in [-0.15, -0.1) is 0 Å². The Labute approximate surface area is 525 Å². The molecular formula is C70H73NO20. The molecule has 4 N–H and O–H groups in total. The number of hydrogen-bond acceptors (Lipinski definition) is 20. The Morgan fingerprint density at radius 1 is 0.769 bits per heavy atom. The molecule has 21 nitrogen and oxygen atoms in total. The minimum absolute atomic E-state index is 0.00289. The van der Waals surface area contributed by atoms with E-state index in [1.807, 2.05) is 32.1 Å². The van der Waals surface area contributed by atoms with Crippen LogP contribution >= 0.6 is 0 Å². The zero-order valence-electron chi connectivity index (χ0n) is 52.0. The number of esters is 4. The first kappa shape index (κ1) is 63.7. The van der Waals surface area contributed by atoms with E-state index in [-0.39, 0.29) is 47.7 Å². The summed E-state index contributed by atoms with van der Waals surface area (Å²) in [5.41, 5.74) is -5.31. The smallest absolute Gasteiger partial charge is 0.338 e. The van der Waals surface area contributed by atoms with Gasteiger partial charge in [0.2, 0.25) is 0 Å². The topological polar surface area (TPSA) is 285 Å². The fourth-order valence-corrected chi connectivity index (χ4v) is 14.4. The van der Waals surface area contributed by atoms with Crippen molar-refractivity contribution in [3.63, 3.8) is 0 Å². The first-order valence-electron chi connectivity index (χ1n) is 30.0.